The van der Waals surface area contributed by atoms with Gasteiger partial charge in [-0.3, -0.25) is 0 Å². The normalized spacial score (nSPS) is 17.8. The van der Waals surface area contributed by atoms with Crippen LogP contribution in [-0.4, -0.2) is 26.2 Å². The minimum atomic E-state index is 0.101. The molecule has 0 bridgehead atoms. The van der Waals surface area contributed by atoms with Crippen LogP contribution in [0.5, 0.6) is 0 Å². The van der Waals surface area contributed by atoms with E-state index in [9.17, 15) is 0 Å². The van der Waals surface area contributed by atoms with Gasteiger partial charge in [-0.25, -0.2) is 0 Å². The van der Waals surface area contributed by atoms with Crippen LogP contribution in [-0.2, 0) is 0 Å². The lowest BCUT2D eigenvalue weighted by molar-refractivity contribution is 0.490. The number of H-pyrrole nitrogens is 1. The van der Waals surface area contributed by atoms with E-state index in [-0.39, 0.29) is 5.54 Å². The van der Waals surface area contributed by atoms with Crippen LogP contribution in [0.2, 0.25) is 0 Å². The molecule has 0 unspecified atom stereocenters. The van der Waals surface area contributed by atoms with Gasteiger partial charge in [0.25, 0.3) is 5.95 Å². The zero-order valence-corrected chi connectivity index (χ0v) is 7.33. The predicted molar refractivity (Wildman–Crippen MR) is 44.6 cm³/mol. The van der Waals surface area contributed by atoms with Crippen molar-refractivity contribution in [1.82, 2.24) is 20.6 Å². The molecule has 0 amide bonds. The minimum absolute atomic E-state index is 0.101. The van der Waals surface area contributed by atoms with Gasteiger partial charge in [-0.05, 0) is 37.8 Å². The van der Waals surface area contributed by atoms with Crippen LogP contribution in [0.25, 0.3) is 0 Å². The van der Waals surface area contributed by atoms with Gasteiger partial charge in [-0.1, -0.05) is 5.10 Å². The van der Waals surface area contributed by atoms with E-state index in [0.717, 1.165) is 5.92 Å². The fraction of sp³-hybridized carbons (Fsp3) is 0.857. The van der Waals surface area contributed by atoms with Crippen LogP contribution in [0.4, 0.5) is 5.95 Å². The Hall–Kier alpha value is -1.13. The number of nitrogens with zero attached hydrogens (tertiary/aromatic N) is 3. The highest BCUT2D eigenvalue weighted by Gasteiger charge is 2.38. The molecule has 66 valence electrons. The SMILES string of the molecule is CC(C)(Nc1nn[nH]n1)C1CC1. The molecule has 0 aliphatic heterocycles. The first-order valence-electron chi connectivity index (χ1n) is 4.20. The molecule has 12 heavy (non-hydrogen) atoms. The number of aromatic amines is 1. The van der Waals surface area contributed by atoms with Crippen LogP contribution in [0, 0.1) is 5.92 Å². The number of anilines is 1. The Morgan fingerprint density at radius 2 is 2.25 bits per heavy atom. The monoisotopic (exact) mass is 167 g/mol. The molecule has 0 radical (unpaired) electrons. The third kappa shape index (κ3) is 1.39. The highest BCUT2D eigenvalue weighted by Crippen LogP contribution is 2.40. The fourth-order valence-corrected chi connectivity index (χ4v) is 1.41. The molecule has 0 saturated heterocycles. The van der Waals surface area contributed by atoms with Crippen molar-refractivity contribution in [3.05, 3.63) is 0 Å². The Labute approximate surface area is 70.9 Å². The number of hydrogen-bond acceptors (Lipinski definition) is 4. The summed E-state index contributed by atoms with van der Waals surface area (Å²) in [5.41, 5.74) is 0.101. The van der Waals surface area contributed by atoms with Crippen LogP contribution in [0.3, 0.4) is 0 Å². The van der Waals surface area contributed by atoms with Crippen molar-refractivity contribution in [3.8, 4) is 0 Å². The average Bonchev–Trinajstić information content (AvgIpc) is 2.74. The molecule has 2 rings (SSSR count). The van der Waals surface area contributed by atoms with Crippen LogP contribution >= 0.6 is 0 Å². The first kappa shape index (κ1) is 7.52. The van der Waals surface area contributed by atoms with Crippen LogP contribution < -0.4 is 5.32 Å². The summed E-state index contributed by atoms with van der Waals surface area (Å²) in [6, 6.07) is 0. The molecule has 1 heterocycles. The molecular formula is C7H13N5. The fourth-order valence-electron chi connectivity index (χ4n) is 1.41. The quantitative estimate of drug-likeness (QED) is 0.698. The Balaban J connectivity index is 2.01. The third-order valence-electron chi connectivity index (χ3n) is 2.38. The smallest absolute Gasteiger partial charge is 0.263 e. The highest BCUT2D eigenvalue weighted by molar-refractivity contribution is 5.26. The first-order valence-corrected chi connectivity index (χ1v) is 4.20. The highest BCUT2D eigenvalue weighted by atomic mass is 15.5. The van der Waals surface area contributed by atoms with Crippen molar-refractivity contribution >= 4 is 5.95 Å². The molecule has 5 nitrogen and oxygen atoms in total. The molecule has 1 fully saturated rings. The molecular weight excluding hydrogens is 154 g/mol. The molecule has 1 aliphatic rings. The second-order valence-corrected chi connectivity index (χ2v) is 3.86. The molecule has 1 aromatic rings. The summed E-state index contributed by atoms with van der Waals surface area (Å²) in [5, 5.41) is 16.9. The van der Waals surface area contributed by atoms with E-state index in [4.69, 9.17) is 0 Å². The largest absolute Gasteiger partial charge is 0.346 e. The summed E-state index contributed by atoms with van der Waals surface area (Å²) >= 11 is 0. The summed E-state index contributed by atoms with van der Waals surface area (Å²) in [4.78, 5) is 0. The van der Waals surface area contributed by atoms with E-state index in [0.29, 0.717) is 5.95 Å². The zero-order chi connectivity index (χ0) is 8.60. The Kier molecular flexibility index (Phi) is 1.52. The van der Waals surface area contributed by atoms with Crippen LogP contribution in [0.15, 0.2) is 0 Å². The zero-order valence-electron chi connectivity index (χ0n) is 7.33. The van der Waals surface area contributed by atoms with Crippen LogP contribution in [0.1, 0.15) is 26.7 Å². The van der Waals surface area contributed by atoms with Gasteiger partial charge in [-0.15, -0.1) is 5.10 Å². The second kappa shape index (κ2) is 2.43. The minimum Gasteiger partial charge on any atom is -0.346 e. The lowest BCUT2D eigenvalue weighted by Gasteiger charge is -2.24. The average molecular weight is 167 g/mol. The van der Waals surface area contributed by atoms with Crippen molar-refractivity contribution < 1.29 is 0 Å². The summed E-state index contributed by atoms with van der Waals surface area (Å²) in [7, 11) is 0. The van der Waals surface area contributed by atoms with Gasteiger partial charge in [0.2, 0.25) is 0 Å². The van der Waals surface area contributed by atoms with E-state index in [1.54, 1.807) is 0 Å². The Morgan fingerprint density at radius 3 is 2.75 bits per heavy atom. The predicted octanol–water partition coefficient (Wildman–Crippen LogP) is 0.800. The number of hydrogen-bond donors (Lipinski definition) is 2. The second-order valence-electron chi connectivity index (χ2n) is 3.86. The van der Waals surface area contributed by atoms with E-state index in [2.05, 4.69) is 39.8 Å². The molecule has 0 aromatic carbocycles. The maximum absolute atomic E-state index is 3.85. The van der Waals surface area contributed by atoms with Gasteiger partial charge in [0.05, 0.1) is 0 Å². The first-order chi connectivity index (χ1) is 5.68. The Bertz CT molecular complexity index is 249. The van der Waals surface area contributed by atoms with Gasteiger partial charge in [-0.2, -0.15) is 5.21 Å². The summed E-state index contributed by atoms with van der Waals surface area (Å²) < 4.78 is 0. The number of nitrogens with one attached hydrogen (secondary N) is 2. The van der Waals surface area contributed by atoms with E-state index < -0.39 is 0 Å². The third-order valence-corrected chi connectivity index (χ3v) is 2.38. The van der Waals surface area contributed by atoms with Crippen molar-refractivity contribution in [2.24, 2.45) is 5.92 Å². The van der Waals surface area contributed by atoms with Gasteiger partial charge >= 0.3 is 0 Å². The lowest BCUT2D eigenvalue weighted by atomic mass is 9.99. The molecule has 5 heteroatoms. The van der Waals surface area contributed by atoms with Gasteiger partial charge < -0.3 is 5.32 Å². The molecule has 2 N–H and O–H groups in total. The van der Waals surface area contributed by atoms with E-state index >= 15 is 0 Å². The topological polar surface area (TPSA) is 66.5 Å². The maximum Gasteiger partial charge on any atom is 0.263 e. The number of rotatable bonds is 3. The molecule has 1 aliphatic carbocycles. The summed E-state index contributed by atoms with van der Waals surface area (Å²) in [6.45, 7) is 4.34. The van der Waals surface area contributed by atoms with Crippen molar-refractivity contribution in [2.75, 3.05) is 5.32 Å². The van der Waals surface area contributed by atoms with E-state index in [1.165, 1.54) is 12.8 Å². The van der Waals surface area contributed by atoms with Gasteiger partial charge in [0.1, 0.15) is 0 Å². The lowest BCUT2D eigenvalue weighted by Crippen LogP contribution is -2.33. The van der Waals surface area contributed by atoms with Gasteiger partial charge in [0.15, 0.2) is 0 Å². The number of tetrazole rings is 1. The summed E-state index contributed by atoms with van der Waals surface area (Å²) in [5.74, 6) is 1.35. The van der Waals surface area contributed by atoms with Crippen molar-refractivity contribution in [1.29, 1.82) is 0 Å². The molecule has 1 saturated carbocycles. The standard InChI is InChI=1S/C7H13N5/c1-7(2,5-3-4-5)8-6-9-11-12-10-6/h5H,3-4H2,1-2H3,(H2,8,9,10,11,12). The van der Waals surface area contributed by atoms with Crippen molar-refractivity contribution in [3.63, 3.8) is 0 Å². The summed E-state index contributed by atoms with van der Waals surface area (Å²) in [6.07, 6.45) is 2.61. The van der Waals surface area contributed by atoms with Crippen molar-refractivity contribution in [2.45, 2.75) is 32.2 Å². The maximum atomic E-state index is 3.85. The molecule has 0 atom stereocenters. The van der Waals surface area contributed by atoms with E-state index in [1.807, 2.05) is 0 Å². The molecule has 0 spiro atoms. The number of aromatic nitrogens is 4. The molecule has 1 aromatic heterocycles. The van der Waals surface area contributed by atoms with Gasteiger partial charge in [0, 0.05) is 5.54 Å². The Morgan fingerprint density at radius 1 is 1.50 bits per heavy atom.